The highest BCUT2D eigenvalue weighted by Crippen LogP contribution is 2.65. The maximum atomic E-state index is 10.9. The van der Waals surface area contributed by atoms with Gasteiger partial charge in [-0.3, -0.25) is 0 Å². The molecule has 2 aliphatic rings. The van der Waals surface area contributed by atoms with Gasteiger partial charge in [-0.2, -0.15) is 0 Å². The van der Waals surface area contributed by atoms with Crippen LogP contribution in [0, 0.1) is 25.7 Å². The largest absolute Gasteiger partial charge is 0.508 e. The normalized spacial score (nSPS) is 25.7. The maximum absolute atomic E-state index is 10.9. The summed E-state index contributed by atoms with van der Waals surface area (Å²) in [6.07, 6.45) is 3.53. The lowest BCUT2D eigenvalue weighted by molar-refractivity contribution is 0.291. The highest BCUT2D eigenvalue weighted by atomic mass is 16.3. The fourth-order valence-corrected chi connectivity index (χ4v) is 7.44. The maximum Gasteiger partial charge on any atom is 0.121 e. The van der Waals surface area contributed by atoms with Crippen LogP contribution in [0.3, 0.4) is 0 Å². The molecule has 2 heteroatoms. The molecule has 0 aliphatic heterocycles. The Labute approximate surface area is 211 Å². The second-order valence-electron chi connectivity index (χ2n) is 11.9. The molecule has 2 N–H and O–H groups in total. The summed E-state index contributed by atoms with van der Waals surface area (Å²) in [5.41, 5.74) is 8.31. The molecule has 0 saturated heterocycles. The van der Waals surface area contributed by atoms with Crippen LogP contribution < -0.4 is 0 Å². The topological polar surface area (TPSA) is 40.5 Å². The summed E-state index contributed by atoms with van der Waals surface area (Å²) in [4.78, 5) is 0. The summed E-state index contributed by atoms with van der Waals surface area (Å²) in [6, 6.07) is 19.9. The van der Waals surface area contributed by atoms with Crippen LogP contribution in [0.5, 0.6) is 11.5 Å². The SMILES string of the molecule is Cc1cc(O)c(C(C)C)cc1C1(c2cc(C)c(O)c(C(C)C)c2)CC2CC1CC2c1ccccc1. The smallest absolute Gasteiger partial charge is 0.121 e. The zero-order valence-electron chi connectivity index (χ0n) is 22.1. The predicted molar refractivity (Wildman–Crippen MR) is 145 cm³/mol. The minimum Gasteiger partial charge on any atom is -0.508 e. The van der Waals surface area contributed by atoms with Crippen molar-refractivity contribution in [2.24, 2.45) is 11.8 Å². The number of phenolic OH excluding ortho intramolecular Hbond substituents is 2. The van der Waals surface area contributed by atoms with E-state index in [0.717, 1.165) is 23.1 Å². The summed E-state index contributed by atoms with van der Waals surface area (Å²) in [6.45, 7) is 12.9. The van der Waals surface area contributed by atoms with Gasteiger partial charge in [0.1, 0.15) is 11.5 Å². The molecule has 184 valence electrons. The van der Waals surface area contributed by atoms with Crippen molar-refractivity contribution in [2.45, 2.75) is 84.0 Å². The van der Waals surface area contributed by atoms with Crippen LogP contribution >= 0.6 is 0 Å². The van der Waals surface area contributed by atoms with E-state index in [0.29, 0.717) is 29.3 Å². The molecule has 0 heterocycles. The minimum atomic E-state index is -0.0977. The highest BCUT2D eigenvalue weighted by Gasteiger charge is 2.57. The van der Waals surface area contributed by atoms with Crippen molar-refractivity contribution >= 4 is 0 Å². The molecule has 2 bridgehead atoms. The van der Waals surface area contributed by atoms with E-state index in [-0.39, 0.29) is 17.3 Å². The van der Waals surface area contributed by atoms with E-state index >= 15 is 0 Å². The first kappa shape index (κ1) is 24.0. The second-order valence-corrected chi connectivity index (χ2v) is 11.9. The standard InChI is InChI=1S/C33H40O2/c1-19(2)27-17-30(21(5)13-31(27)34)33(25-12-22(6)32(35)28(15-25)20(3)4)18-24-14-26(33)16-29(24)23-10-8-7-9-11-23/h7-13,15,17,19-20,24,26,29,34-35H,14,16,18H2,1-6H3. The molecule has 35 heavy (non-hydrogen) atoms. The van der Waals surface area contributed by atoms with Crippen LogP contribution in [0.1, 0.15) is 104 Å². The molecule has 0 spiro atoms. The van der Waals surface area contributed by atoms with Gasteiger partial charge in [0.15, 0.2) is 0 Å². The van der Waals surface area contributed by atoms with Gasteiger partial charge in [0, 0.05) is 5.41 Å². The molecule has 5 rings (SSSR count). The zero-order valence-corrected chi connectivity index (χ0v) is 22.1. The van der Waals surface area contributed by atoms with Crippen LogP contribution in [0.2, 0.25) is 0 Å². The molecule has 0 radical (unpaired) electrons. The summed E-state index contributed by atoms with van der Waals surface area (Å²) >= 11 is 0. The number of hydrogen-bond acceptors (Lipinski definition) is 2. The van der Waals surface area contributed by atoms with Gasteiger partial charge in [0.2, 0.25) is 0 Å². The van der Waals surface area contributed by atoms with E-state index in [4.69, 9.17) is 0 Å². The van der Waals surface area contributed by atoms with Crippen LogP contribution in [-0.4, -0.2) is 10.2 Å². The van der Waals surface area contributed by atoms with Crippen LogP contribution in [0.4, 0.5) is 0 Å². The number of aromatic hydroxyl groups is 2. The molecule has 4 unspecified atom stereocenters. The Morgan fingerprint density at radius 2 is 1.49 bits per heavy atom. The summed E-state index contributed by atoms with van der Waals surface area (Å²) in [5, 5.41) is 21.7. The molecule has 3 aromatic rings. The average Bonchev–Trinajstić information content (AvgIpc) is 3.40. The van der Waals surface area contributed by atoms with Crippen molar-refractivity contribution in [1.29, 1.82) is 0 Å². The van der Waals surface area contributed by atoms with Gasteiger partial charge in [-0.1, -0.05) is 76.2 Å². The quantitative estimate of drug-likeness (QED) is 0.394. The summed E-state index contributed by atoms with van der Waals surface area (Å²) in [5.74, 6) is 3.14. The van der Waals surface area contributed by atoms with Crippen LogP contribution in [0.25, 0.3) is 0 Å². The van der Waals surface area contributed by atoms with Gasteiger partial charge in [0.25, 0.3) is 0 Å². The third kappa shape index (κ3) is 3.77. The Morgan fingerprint density at radius 3 is 2.09 bits per heavy atom. The van der Waals surface area contributed by atoms with Crippen molar-refractivity contribution in [2.75, 3.05) is 0 Å². The lowest BCUT2D eigenvalue weighted by Gasteiger charge is -2.43. The van der Waals surface area contributed by atoms with E-state index in [1.54, 1.807) is 0 Å². The summed E-state index contributed by atoms with van der Waals surface area (Å²) in [7, 11) is 0. The van der Waals surface area contributed by atoms with Crippen molar-refractivity contribution in [3.05, 3.63) is 93.5 Å². The first-order valence-corrected chi connectivity index (χ1v) is 13.4. The first-order chi connectivity index (χ1) is 16.6. The van der Waals surface area contributed by atoms with Crippen LogP contribution in [0.15, 0.2) is 54.6 Å². The molecule has 3 aromatic carbocycles. The Kier molecular flexibility index (Phi) is 5.98. The Balaban J connectivity index is 1.71. The van der Waals surface area contributed by atoms with Crippen molar-refractivity contribution in [1.82, 2.24) is 0 Å². The van der Waals surface area contributed by atoms with Gasteiger partial charge in [-0.15, -0.1) is 0 Å². The fourth-order valence-electron chi connectivity index (χ4n) is 7.44. The number of aryl methyl sites for hydroxylation is 2. The van der Waals surface area contributed by atoms with Gasteiger partial charge in [-0.05, 0) is 108 Å². The van der Waals surface area contributed by atoms with Crippen molar-refractivity contribution < 1.29 is 10.2 Å². The fraction of sp³-hybridized carbons (Fsp3) is 0.455. The second kappa shape index (κ2) is 8.73. The minimum absolute atomic E-state index is 0.0977. The third-order valence-electron chi connectivity index (χ3n) is 9.15. The highest BCUT2D eigenvalue weighted by molar-refractivity contribution is 5.56. The number of hydrogen-bond donors (Lipinski definition) is 2. The molecule has 2 nitrogen and oxygen atoms in total. The van der Waals surface area contributed by atoms with E-state index in [2.05, 4.69) is 83.1 Å². The monoisotopic (exact) mass is 468 g/mol. The van der Waals surface area contributed by atoms with E-state index in [9.17, 15) is 10.2 Å². The number of fused-ring (bicyclic) bond motifs is 2. The van der Waals surface area contributed by atoms with Gasteiger partial charge in [-0.25, -0.2) is 0 Å². The molecule has 2 saturated carbocycles. The molecule has 2 fully saturated rings. The Morgan fingerprint density at radius 1 is 0.800 bits per heavy atom. The lowest BCUT2D eigenvalue weighted by atomic mass is 9.60. The lowest BCUT2D eigenvalue weighted by Crippen LogP contribution is -2.37. The third-order valence-corrected chi connectivity index (χ3v) is 9.15. The van der Waals surface area contributed by atoms with E-state index < -0.39 is 0 Å². The predicted octanol–water partition coefficient (Wildman–Crippen LogP) is 8.46. The molecular formula is C33H40O2. The molecule has 4 atom stereocenters. The van der Waals surface area contributed by atoms with Gasteiger partial charge < -0.3 is 10.2 Å². The molecule has 0 amide bonds. The summed E-state index contributed by atoms with van der Waals surface area (Å²) < 4.78 is 0. The Hall–Kier alpha value is -2.74. The number of benzene rings is 3. The Bertz CT molecular complexity index is 1240. The van der Waals surface area contributed by atoms with Crippen LogP contribution in [-0.2, 0) is 5.41 Å². The number of phenols is 2. The molecule has 2 aliphatic carbocycles. The molecule has 0 aromatic heterocycles. The number of rotatable bonds is 5. The van der Waals surface area contributed by atoms with Gasteiger partial charge >= 0.3 is 0 Å². The van der Waals surface area contributed by atoms with Gasteiger partial charge in [0.05, 0.1) is 0 Å². The first-order valence-electron chi connectivity index (χ1n) is 13.4. The average molecular weight is 469 g/mol. The van der Waals surface area contributed by atoms with E-state index in [1.807, 2.05) is 13.0 Å². The zero-order chi connectivity index (χ0) is 25.1. The van der Waals surface area contributed by atoms with Crippen molar-refractivity contribution in [3.8, 4) is 11.5 Å². The molecular weight excluding hydrogens is 428 g/mol. The van der Waals surface area contributed by atoms with Crippen molar-refractivity contribution in [3.63, 3.8) is 0 Å². The van der Waals surface area contributed by atoms with E-state index in [1.165, 1.54) is 35.1 Å².